The molecule has 1 aromatic heterocycles. The molecule has 2 unspecified atom stereocenters. The molecule has 0 bridgehead atoms. The van der Waals surface area contributed by atoms with Gasteiger partial charge in [0, 0.05) is 6.20 Å². The van der Waals surface area contributed by atoms with Crippen molar-refractivity contribution in [3.8, 4) is 0 Å². The minimum absolute atomic E-state index is 0.101. The average molecular weight is 502 g/mol. The first kappa shape index (κ1) is 27.3. The van der Waals surface area contributed by atoms with Gasteiger partial charge in [0.2, 0.25) is 0 Å². The van der Waals surface area contributed by atoms with E-state index >= 15 is 0 Å². The van der Waals surface area contributed by atoms with Crippen molar-refractivity contribution in [2.75, 3.05) is 13.2 Å². The summed E-state index contributed by atoms with van der Waals surface area (Å²) in [6.45, 7) is 4.26. The number of aromatic amines is 1. The van der Waals surface area contributed by atoms with Crippen LogP contribution in [0.4, 0.5) is 13.2 Å². The molecule has 15 heteroatoms. The summed E-state index contributed by atoms with van der Waals surface area (Å²) in [5, 5.41) is 0. The van der Waals surface area contributed by atoms with E-state index in [1.807, 2.05) is 0 Å². The van der Waals surface area contributed by atoms with Gasteiger partial charge in [-0.15, -0.1) is 0 Å². The van der Waals surface area contributed by atoms with E-state index in [1.165, 1.54) is 0 Å². The molecule has 2 N–H and O–H groups in total. The van der Waals surface area contributed by atoms with Crippen LogP contribution in [0.3, 0.4) is 0 Å². The van der Waals surface area contributed by atoms with Gasteiger partial charge in [-0.2, -0.15) is 13.2 Å². The van der Waals surface area contributed by atoms with Crippen molar-refractivity contribution in [3.63, 3.8) is 0 Å². The first-order valence-electron chi connectivity index (χ1n) is 10.1. The number of aromatic nitrogens is 2. The van der Waals surface area contributed by atoms with Gasteiger partial charge in [-0.1, -0.05) is 6.92 Å². The molecule has 1 aliphatic heterocycles. The molecule has 0 amide bonds. The van der Waals surface area contributed by atoms with Gasteiger partial charge in [-0.3, -0.25) is 28.2 Å². The first-order chi connectivity index (χ1) is 15.2. The number of carbonyl (C=O) groups is 1. The van der Waals surface area contributed by atoms with Crippen LogP contribution in [0.1, 0.15) is 51.8 Å². The zero-order valence-electron chi connectivity index (χ0n) is 18.2. The van der Waals surface area contributed by atoms with Crippen LogP contribution in [0.5, 0.6) is 0 Å². The molecule has 0 spiro atoms. The van der Waals surface area contributed by atoms with Crippen molar-refractivity contribution >= 4 is 13.8 Å². The SMILES string of the molecule is CC(C)OC(=O)C(C)CCOP(=O)(O)OC[C@@H]1CC[C@H](n2cc(C(F)(F)F)c(=O)[nH]c2=O)O1. The quantitative estimate of drug-likeness (QED) is 0.364. The van der Waals surface area contributed by atoms with E-state index in [9.17, 15) is 37.0 Å². The highest BCUT2D eigenvalue weighted by Crippen LogP contribution is 2.44. The van der Waals surface area contributed by atoms with Crippen LogP contribution in [0.15, 0.2) is 15.8 Å². The molecule has 0 radical (unpaired) electrons. The van der Waals surface area contributed by atoms with Crippen LogP contribution < -0.4 is 11.2 Å². The molecule has 0 aromatic carbocycles. The number of H-pyrrole nitrogens is 1. The topological polar surface area (TPSA) is 146 Å². The highest BCUT2D eigenvalue weighted by atomic mass is 31.2. The fourth-order valence-electron chi connectivity index (χ4n) is 2.94. The molecule has 0 saturated carbocycles. The maximum atomic E-state index is 12.9. The summed E-state index contributed by atoms with van der Waals surface area (Å²) in [4.78, 5) is 46.4. The minimum Gasteiger partial charge on any atom is -0.463 e. The number of hydrogen-bond acceptors (Lipinski definition) is 8. The zero-order chi connectivity index (χ0) is 25.0. The number of hydrogen-bond donors (Lipinski definition) is 2. The number of phosphoric acid groups is 1. The molecule has 1 saturated heterocycles. The largest absolute Gasteiger partial charge is 0.472 e. The number of rotatable bonds is 10. The Morgan fingerprint density at radius 2 is 1.97 bits per heavy atom. The Balaban J connectivity index is 1.87. The third kappa shape index (κ3) is 8.07. The Labute approximate surface area is 186 Å². The smallest absolute Gasteiger partial charge is 0.463 e. The lowest BCUT2D eigenvalue weighted by atomic mass is 10.1. The van der Waals surface area contributed by atoms with E-state index in [0.717, 1.165) is 0 Å². The second-order valence-corrected chi connectivity index (χ2v) is 9.22. The lowest BCUT2D eigenvalue weighted by molar-refractivity contribution is -0.152. The van der Waals surface area contributed by atoms with Crippen molar-refractivity contribution in [2.45, 2.75) is 64.6 Å². The highest BCUT2D eigenvalue weighted by Gasteiger charge is 2.37. The van der Waals surface area contributed by atoms with Crippen LogP contribution in [0, 0.1) is 5.92 Å². The molecular weight excluding hydrogens is 476 g/mol. The Bertz CT molecular complexity index is 992. The third-order valence-corrected chi connectivity index (χ3v) is 5.64. The standard InChI is InChI=1S/C18H26F3N2O9P/c1-10(2)31-16(25)11(3)6-7-29-33(27,28)30-9-12-4-5-14(32-12)23-8-13(18(19,20)21)15(24)22-17(23)26/h8,10-12,14H,4-7,9H2,1-3H3,(H,27,28)(H,22,24,26)/t11?,12-,14+/m0/s1. The van der Waals surface area contributed by atoms with Gasteiger partial charge < -0.3 is 14.4 Å². The predicted octanol–water partition coefficient (Wildman–Crippen LogP) is 2.34. The molecule has 1 fully saturated rings. The summed E-state index contributed by atoms with van der Waals surface area (Å²) in [6, 6.07) is 0. The van der Waals surface area contributed by atoms with Gasteiger partial charge >= 0.3 is 25.7 Å². The van der Waals surface area contributed by atoms with E-state index in [1.54, 1.807) is 25.8 Å². The monoisotopic (exact) mass is 502 g/mol. The van der Waals surface area contributed by atoms with E-state index in [4.69, 9.17) is 18.5 Å². The van der Waals surface area contributed by atoms with Crippen molar-refractivity contribution in [3.05, 3.63) is 32.6 Å². The van der Waals surface area contributed by atoms with Crippen LogP contribution in [0.2, 0.25) is 0 Å². The summed E-state index contributed by atoms with van der Waals surface area (Å²) < 4.78 is 71.6. The van der Waals surface area contributed by atoms with Crippen LogP contribution in [-0.4, -0.2) is 45.8 Å². The van der Waals surface area contributed by atoms with Gasteiger partial charge in [0.25, 0.3) is 5.56 Å². The number of phosphoric ester groups is 1. The Morgan fingerprint density at radius 3 is 2.58 bits per heavy atom. The summed E-state index contributed by atoms with van der Waals surface area (Å²) in [5.74, 6) is -1.04. The van der Waals surface area contributed by atoms with E-state index in [2.05, 4.69) is 0 Å². The maximum absolute atomic E-state index is 12.9. The summed E-state index contributed by atoms with van der Waals surface area (Å²) in [6.07, 6.45) is -6.41. The fourth-order valence-corrected chi connectivity index (χ4v) is 3.71. The molecule has 33 heavy (non-hydrogen) atoms. The van der Waals surface area contributed by atoms with Gasteiger partial charge in [-0.25, -0.2) is 9.36 Å². The number of nitrogens with zero attached hydrogens (tertiary/aromatic N) is 1. The Hall–Kier alpha value is -1.99. The van der Waals surface area contributed by atoms with Crippen LogP contribution in [-0.2, 0) is 34.1 Å². The highest BCUT2D eigenvalue weighted by molar-refractivity contribution is 7.47. The van der Waals surface area contributed by atoms with Gasteiger partial charge in [0.05, 0.1) is 31.3 Å². The molecule has 4 atom stereocenters. The van der Waals surface area contributed by atoms with Gasteiger partial charge in [-0.05, 0) is 33.1 Å². The molecule has 1 aliphatic rings. The summed E-state index contributed by atoms with van der Waals surface area (Å²) in [5.41, 5.74) is -4.20. The number of halogens is 3. The number of nitrogens with one attached hydrogen (secondary N) is 1. The van der Waals surface area contributed by atoms with Crippen molar-refractivity contribution in [2.24, 2.45) is 5.92 Å². The van der Waals surface area contributed by atoms with Gasteiger partial charge in [0.15, 0.2) is 0 Å². The molecule has 188 valence electrons. The molecule has 0 aliphatic carbocycles. The average Bonchev–Trinajstić information content (AvgIpc) is 3.13. The lowest BCUT2D eigenvalue weighted by Gasteiger charge is -2.19. The normalized spacial score (nSPS) is 21.7. The second kappa shape index (κ2) is 11.0. The number of alkyl halides is 3. The van der Waals surface area contributed by atoms with E-state index in [-0.39, 0.29) is 32.0 Å². The van der Waals surface area contributed by atoms with E-state index < -0.39 is 61.6 Å². The first-order valence-corrected chi connectivity index (χ1v) is 11.6. The number of ether oxygens (including phenoxy) is 2. The zero-order valence-corrected chi connectivity index (χ0v) is 19.1. The van der Waals surface area contributed by atoms with Crippen molar-refractivity contribution in [1.29, 1.82) is 0 Å². The van der Waals surface area contributed by atoms with E-state index in [0.29, 0.717) is 10.8 Å². The molecule has 1 aromatic rings. The Kier molecular flexibility index (Phi) is 9.05. The fraction of sp³-hybridized carbons (Fsp3) is 0.722. The molecule has 11 nitrogen and oxygen atoms in total. The Morgan fingerprint density at radius 1 is 1.30 bits per heavy atom. The lowest BCUT2D eigenvalue weighted by Crippen LogP contribution is -2.36. The van der Waals surface area contributed by atoms with Crippen molar-refractivity contribution < 1.29 is 45.9 Å². The maximum Gasteiger partial charge on any atom is 0.472 e. The number of esters is 1. The predicted molar refractivity (Wildman–Crippen MR) is 106 cm³/mol. The third-order valence-electron chi connectivity index (χ3n) is 4.65. The molecule has 2 heterocycles. The summed E-state index contributed by atoms with van der Waals surface area (Å²) in [7, 11) is -4.49. The van der Waals surface area contributed by atoms with Crippen LogP contribution in [0.25, 0.3) is 0 Å². The van der Waals surface area contributed by atoms with Crippen LogP contribution >= 0.6 is 7.82 Å². The molecule has 2 rings (SSSR count). The second-order valence-electron chi connectivity index (χ2n) is 7.77. The summed E-state index contributed by atoms with van der Waals surface area (Å²) >= 11 is 0. The minimum atomic E-state index is -4.96. The number of carbonyl (C=O) groups excluding carboxylic acids is 1. The molecular formula is C18H26F3N2O9P. The van der Waals surface area contributed by atoms with Crippen molar-refractivity contribution in [1.82, 2.24) is 9.55 Å². The van der Waals surface area contributed by atoms with Gasteiger partial charge in [0.1, 0.15) is 11.8 Å².